The topological polar surface area (TPSA) is 68.3 Å². The van der Waals surface area contributed by atoms with Gasteiger partial charge in [0, 0.05) is 12.8 Å². The van der Waals surface area contributed by atoms with Crippen LogP contribution in [0.2, 0.25) is 0 Å². The van der Waals surface area contributed by atoms with E-state index < -0.39 is 0 Å². The first-order chi connectivity index (χ1) is 11.2. The monoisotopic (exact) mass is 330 g/mol. The molecule has 0 saturated heterocycles. The van der Waals surface area contributed by atoms with E-state index in [1.807, 2.05) is 24.3 Å². The minimum Gasteiger partial charge on any atom is -0.497 e. The van der Waals surface area contributed by atoms with Gasteiger partial charge in [-0.1, -0.05) is 23.5 Å². The SMILES string of the molecule is COc1ccc(CCC(=O)Nc2nc3c(s2)C(=O)CCC3)cc1. The Morgan fingerprint density at radius 2 is 2.09 bits per heavy atom. The number of methoxy groups -OCH3 is 1. The lowest BCUT2D eigenvalue weighted by Gasteiger charge is -2.05. The van der Waals surface area contributed by atoms with Crippen molar-refractivity contribution in [3.63, 3.8) is 0 Å². The van der Waals surface area contributed by atoms with Crippen molar-refractivity contribution >= 4 is 28.2 Å². The Morgan fingerprint density at radius 3 is 2.78 bits per heavy atom. The molecule has 0 fully saturated rings. The van der Waals surface area contributed by atoms with Gasteiger partial charge in [-0.3, -0.25) is 9.59 Å². The van der Waals surface area contributed by atoms with Gasteiger partial charge in [0.15, 0.2) is 10.9 Å². The van der Waals surface area contributed by atoms with E-state index in [0.29, 0.717) is 29.3 Å². The molecule has 0 saturated carbocycles. The number of anilines is 1. The number of benzene rings is 1. The Labute approximate surface area is 138 Å². The minimum atomic E-state index is -0.0839. The number of hydrogen-bond donors (Lipinski definition) is 1. The first-order valence-electron chi connectivity index (χ1n) is 7.61. The summed E-state index contributed by atoms with van der Waals surface area (Å²) < 4.78 is 5.11. The first-order valence-corrected chi connectivity index (χ1v) is 8.43. The highest BCUT2D eigenvalue weighted by molar-refractivity contribution is 7.17. The second-order valence-electron chi connectivity index (χ2n) is 5.47. The van der Waals surface area contributed by atoms with Crippen LogP contribution < -0.4 is 10.1 Å². The number of nitrogens with zero attached hydrogens (tertiary/aromatic N) is 1. The zero-order valence-corrected chi connectivity index (χ0v) is 13.7. The molecule has 120 valence electrons. The summed E-state index contributed by atoms with van der Waals surface area (Å²) in [5.74, 6) is 0.859. The lowest BCUT2D eigenvalue weighted by atomic mass is 10.0. The van der Waals surface area contributed by atoms with Crippen molar-refractivity contribution in [1.82, 2.24) is 4.98 Å². The third kappa shape index (κ3) is 3.76. The molecule has 0 unspecified atom stereocenters. The lowest BCUT2D eigenvalue weighted by Crippen LogP contribution is -2.12. The number of Topliss-reactive ketones (excluding diaryl/α,β-unsaturated/α-hetero) is 1. The molecular formula is C17H18N2O3S. The number of aromatic nitrogens is 1. The van der Waals surface area contributed by atoms with Crippen molar-refractivity contribution in [2.45, 2.75) is 32.1 Å². The number of fused-ring (bicyclic) bond motifs is 1. The van der Waals surface area contributed by atoms with Crippen molar-refractivity contribution in [2.75, 3.05) is 12.4 Å². The summed E-state index contributed by atoms with van der Waals surface area (Å²) in [4.78, 5) is 28.9. The molecule has 1 aromatic carbocycles. The largest absolute Gasteiger partial charge is 0.497 e. The highest BCUT2D eigenvalue weighted by Gasteiger charge is 2.22. The van der Waals surface area contributed by atoms with E-state index in [1.165, 1.54) is 11.3 Å². The predicted octanol–water partition coefficient (Wildman–Crippen LogP) is 3.24. The Bertz CT molecular complexity index is 722. The molecule has 1 aliphatic rings. The van der Waals surface area contributed by atoms with E-state index in [4.69, 9.17) is 4.74 Å². The predicted molar refractivity (Wildman–Crippen MR) is 89.3 cm³/mol. The zero-order valence-electron chi connectivity index (χ0n) is 12.9. The van der Waals surface area contributed by atoms with Gasteiger partial charge in [0.25, 0.3) is 0 Å². The molecule has 0 radical (unpaired) electrons. The maximum absolute atomic E-state index is 12.0. The van der Waals surface area contributed by atoms with Crippen molar-refractivity contribution in [2.24, 2.45) is 0 Å². The molecule has 2 aromatic rings. The summed E-state index contributed by atoms with van der Waals surface area (Å²) in [6.07, 6.45) is 3.28. The number of ether oxygens (including phenoxy) is 1. The van der Waals surface area contributed by atoms with Gasteiger partial charge in [0.2, 0.25) is 5.91 Å². The highest BCUT2D eigenvalue weighted by Crippen LogP contribution is 2.29. The number of hydrogen-bond acceptors (Lipinski definition) is 5. The molecule has 23 heavy (non-hydrogen) atoms. The highest BCUT2D eigenvalue weighted by atomic mass is 32.1. The van der Waals surface area contributed by atoms with Crippen molar-refractivity contribution in [3.05, 3.63) is 40.4 Å². The fourth-order valence-corrected chi connectivity index (χ4v) is 3.55. The number of aryl methyl sites for hydroxylation is 2. The molecule has 0 aliphatic heterocycles. The van der Waals surface area contributed by atoms with Gasteiger partial charge in [-0.05, 0) is 37.0 Å². The standard InChI is InChI=1S/C17H18N2O3S/c1-22-12-8-5-11(6-9-12)7-10-15(21)19-17-18-13-3-2-4-14(20)16(13)23-17/h5-6,8-9H,2-4,7,10H2,1H3,(H,18,19,21). The van der Waals surface area contributed by atoms with Crippen molar-refractivity contribution in [3.8, 4) is 5.75 Å². The average Bonchev–Trinajstić information content (AvgIpc) is 2.97. The molecule has 6 heteroatoms. The van der Waals surface area contributed by atoms with Crippen molar-refractivity contribution in [1.29, 1.82) is 0 Å². The first kappa shape index (κ1) is 15.7. The van der Waals surface area contributed by atoms with Crippen LogP contribution in [-0.2, 0) is 17.6 Å². The number of amides is 1. The van der Waals surface area contributed by atoms with E-state index in [-0.39, 0.29) is 11.7 Å². The van der Waals surface area contributed by atoms with E-state index in [9.17, 15) is 9.59 Å². The summed E-state index contributed by atoms with van der Waals surface area (Å²) in [7, 11) is 1.63. The van der Waals surface area contributed by atoms with Crippen molar-refractivity contribution < 1.29 is 14.3 Å². The van der Waals surface area contributed by atoms with Gasteiger partial charge in [-0.25, -0.2) is 4.98 Å². The number of thiazole rings is 1. The number of nitrogens with one attached hydrogen (secondary N) is 1. The third-order valence-electron chi connectivity index (χ3n) is 3.81. The van der Waals surface area contributed by atoms with Gasteiger partial charge in [0.05, 0.1) is 17.7 Å². The molecule has 0 atom stereocenters. The molecule has 3 rings (SSSR count). The summed E-state index contributed by atoms with van der Waals surface area (Å²) >= 11 is 1.29. The van der Waals surface area contributed by atoms with Crippen LogP contribution in [0.5, 0.6) is 5.75 Å². The molecule has 1 N–H and O–H groups in total. The van der Waals surface area contributed by atoms with Crippen LogP contribution in [0, 0.1) is 0 Å². The number of rotatable bonds is 5. The summed E-state index contributed by atoms with van der Waals surface area (Å²) in [5.41, 5.74) is 1.91. The average molecular weight is 330 g/mol. The number of carbonyl (C=O) groups is 2. The van der Waals surface area contributed by atoms with E-state index in [2.05, 4.69) is 10.3 Å². The minimum absolute atomic E-state index is 0.0839. The van der Waals surface area contributed by atoms with E-state index >= 15 is 0 Å². The quantitative estimate of drug-likeness (QED) is 0.914. The maximum atomic E-state index is 12.0. The Kier molecular flexibility index (Phi) is 4.71. The second kappa shape index (κ2) is 6.91. The summed E-state index contributed by atoms with van der Waals surface area (Å²) in [6.45, 7) is 0. The third-order valence-corrected chi connectivity index (χ3v) is 4.87. The number of ketones is 1. The van der Waals surface area contributed by atoms with Crippen LogP contribution in [-0.4, -0.2) is 23.8 Å². The fraction of sp³-hybridized carbons (Fsp3) is 0.353. The summed E-state index contributed by atoms with van der Waals surface area (Å²) in [5, 5.41) is 3.34. The molecule has 0 bridgehead atoms. The Balaban J connectivity index is 1.56. The van der Waals surface area contributed by atoms with E-state index in [1.54, 1.807) is 7.11 Å². The van der Waals surface area contributed by atoms with Gasteiger partial charge in [-0.15, -0.1) is 0 Å². The second-order valence-corrected chi connectivity index (χ2v) is 6.47. The molecule has 1 aliphatic carbocycles. The summed E-state index contributed by atoms with van der Waals surface area (Å²) in [6, 6.07) is 7.67. The van der Waals surface area contributed by atoms with Gasteiger partial charge < -0.3 is 10.1 Å². The number of carbonyl (C=O) groups excluding carboxylic acids is 2. The fourth-order valence-electron chi connectivity index (χ4n) is 2.55. The molecule has 0 spiro atoms. The maximum Gasteiger partial charge on any atom is 0.226 e. The molecule has 1 amide bonds. The Hall–Kier alpha value is -2.21. The normalized spacial score (nSPS) is 13.5. The smallest absolute Gasteiger partial charge is 0.226 e. The molecule has 1 aromatic heterocycles. The van der Waals surface area contributed by atoms with Crippen LogP contribution >= 0.6 is 11.3 Å². The van der Waals surface area contributed by atoms with Crippen LogP contribution in [0.3, 0.4) is 0 Å². The molecule has 5 nitrogen and oxygen atoms in total. The Morgan fingerprint density at radius 1 is 1.30 bits per heavy atom. The van der Waals surface area contributed by atoms with E-state index in [0.717, 1.165) is 29.8 Å². The van der Waals surface area contributed by atoms with Gasteiger partial charge >= 0.3 is 0 Å². The van der Waals surface area contributed by atoms with Crippen LogP contribution in [0.1, 0.15) is 40.2 Å². The molecular weight excluding hydrogens is 312 g/mol. The molecule has 1 heterocycles. The van der Waals surface area contributed by atoms with Crippen LogP contribution in [0.25, 0.3) is 0 Å². The van der Waals surface area contributed by atoms with Gasteiger partial charge in [-0.2, -0.15) is 0 Å². The van der Waals surface area contributed by atoms with Crippen LogP contribution in [0.4, 0.5) is 5.13 Å². The van der Waals surface area contributed by atoms with Gasteiger partial charge in [0.1, 0.15) is 5.75 Å². The lowest BCUT2D eigenvalue weighted by molar-refractivity contribution is -0.116. The van der Waals surface area contributed by atoms with Crippen LogP contribution in [0.15, 0.2) is 24.3 Å². The zero-order chi connectivity index (χ0) is 16.2.